The van der Waals surface area contributed by atoms with Gasteiger partial charge in [-0.15, -0.1) is 0 Å². The van der Waals surface area contributed by atoms with Crippen molar-refractivity contribution in [1.82, 2.24) is 0 Å². The van der Waals surface area contributed by atoms with Crippen molar-refractivity contribution in [2.24, 2.45) is 0 Å². The molecule has 0 fully saturated rings. The second kappa shape index (κ2) is 6.01. The summed E-state index contributed by atoms with van der Waals surface area (Å²) < 4.78 is 0. The lowest BCUT2D eigenvalue weighted by atomic mass is 9.81. The van der Waals surface area contributed by atoms with Gasteiger partial charge in [-0.05, 0) is 35.6 Å². The Kier molecular flexibility index (Phi) is 3.92. The zero-order chi connectivity index (χ0) is 14.7. The SMILES string of the molecule is [B]c1c(Cc2ccccc2C)cccc1-c1ccccc1. The zero-order valence-electron chi connectivity index (χ0n) is 12.2. The molecule has 0 bridgehead atoms. The predicted octanol–water partition coefficient (Wildman–Crippen LogP) is 4.05. The Hall–Kier alpha value is -2.28. The number of hydrogen-bond acceptors (Lipinski definition) is 0. The molecule has 1 heteroatoms. The average Bonchev–Trinajstić information content (AvgIpc) is 2.52. The predicted molar refractivity (Wildman–Crippen MR) is 91.3 cm³/mol. The van der Waals surface area contributed by atoms with E-state index in [1.165, 1.54) is 22.3 Å². The molecular weight excluding hydrogens is 251 g/mol. The van der Waals surface area contributed by atoms with Crippen molar-refractivity contribution >= 4 is 13.3 Å². The van der Waals surface area contributed by atoms with Crippen LogP contribution in [0.25, 0.3) is 11.1 Å². The molecule has 3 aromatic carbocycles. The highest BCUT2D eigenvalue weighted by atomic mass is 14.1. The molecule has 3 aromatic rings. The van der Waals surface area contributed by atoms with E-state index in [0.717, 1.165) is 17.4 Å². The first-order chi connectivity index (χ1) is 10.3. The Bertz CT molecular complexity index is 745. The van der Waals surface area contributed by atoms with Crippen LogP contribution in [0.2, 0.25) is 0 Å². The Labute approximate surface area is 127 Å². The van der Waals surface area contributed by atoms with Crippen molar-refractivity contribution < 1.29 is 0 Å². The summed E-state index contributed by atoms with van der Waals surface area (Å²) in [4.78, 5) is 0. The average molecular weight is 268 g/mol. The fourth-order valence-electron chi connectivity index (χ4n) is 2.65. The molecule has 0 amide bonds. The number of rotatable bonds is 3. The topological polar surface area (TPSA) is 0 Å². The van der Waals surface area contributed by atoms with E-state index in [4.69, 9.17) is 7.85 Å². The summed E-state index contributed by atoms with van der Waals surface area (Å²) in [6.07, 6.45) is 0.874. The number of hydrogen-bond donors (Lipinski definition) is 0. The van der Waals surface area contributed by atoms with E-state index < -0.39 is 0 Å². The lowest BCUT2D eigenvalue weighted by molar-refractivity contribution is 1.17. The maximum Gasteiger partial charge on any atom is 0.115 e. The molecule has 0 aromatic heterocycles. The summed E-state index contributed by atoms with van der Waals surface area (Å²) in [5, 5.41) is 0. The Morgan fingerprint density at radius 1 is 0.714 bits per heavy atom. The molecule has 3 rings (SSSR count). The fraction of sp³-hybridized carbons (Fsp3) is 0.100. The van der Waals surface area contributed by atoms with Crippen molar-refractivity contribution in [3.63, 3.8) is 0 Å². The molecule has 21 heavy (non-hydrogen) atoms. The summed E-state index contributed by atoms with van der Waals surface area (Å²) in [5.41, 5.74) is 6.98. The summed E-state index contributed by atoms with van der Waals surface area (Å²) in [6, 6.07) is 25.1. The van der Waals surface area contributed by atoms with Gasteiger partial charge in [0.05, 0.1) is 0 Å². The van der Waals surface area contributed by atoms with Crippen LogP contribution in [0, 0.1) is 6.92 Å². The lowest BCUT2D eigenvalue weighted by Gasteiger charge is -2.13. The molecule has 0 N–H and O–H groups in total. The summed E-state index contributed by atoms with van der Waals surface area (Å²) in [6.45, 7) is 2.15. The molecule has 2 radical (unpaired) electrons. The molecule has 0 aliphatic heterocycles. The quantitative estimate of drug-likeness (QED) is 0.629. The molecule has 0 spiro atoms. The Morgan fingerprint density at radius 2 is 1.38 bits per heavy atom. The molecule has 0 aliphatic rings. The molecule has 0 unspecified atom stereocenters. The highest BCUT2D eigenvalue weighted by Crippen LogP contribution is 2.19. The lowest BCUT2D eigenvalue weighted by Crippen LogP contribution is -2.14. The standard InChI is InChI=1S/C20H17B/c1-15-8-5-6-11-17(15)14-18-12-7-13-19(20(18)21)16-9-3-2-4-10-16/h2-13H,14H2,1H3. The molecule has 0 saturated carbocycles. The van der Waals surface area contributed by atoms with Crippen LogP contribution in [0.5, 0.6) is 0 Å². The van der Waals surface area contributed by atoms with Crippen LogP contribution in [-0.2, 0) is 6.42 Å². The van der Waals surface area contributed by atoms with Crippen molar-refractivity contribution in [2.75, 3.05) is 0 Å². The summed E-state index contributed by atoms with van der Waals surface area (Å²) in [7, 11) is 6.41. The van der Waals surface area contributed by atoms with Crippen LogP contribution in [-0.4, -0.2) is 7.85 Å². The number of aryl methyl sites for hydroxylation is 1. The summed E-state index contributed by atoms with van der Waals surface area (Å²) >= 11 is 0. The van der Waals surface area contributed by atoms with Crippen LogP contribution in [0.1, 0.15) is 16.7 Å². The monoisotopic (exact) mass is 268 g/mol. The van der Waals surface area contributed by atoms with Gasteiger partial charge in [-0.3, -0.25) is 0 Å². The van der Waals surface area contributed by atoms with E-state index in [0.29, 0.717) is 0 Å². The summed E-state index contributed by atoms with van der Waals surface area (Å²) in [5.74, 6) is 0. The van der Waals surface area contributed by atoms with Crippen molar-refractivity contribution in [1.29, 1.82) is 0 Å². The van der Waals surface area contributed by atoms with E-state index in [9.17, 15) is 0 Å². The van der Waals surface area contributed by atoms with Crippen molar-refractivity contribution in [3.05, 3.63) is 89.5 Å². The second-order valence-electron chi connectivity index (χ2n) is 5.35. The third-order valence-corrected chi connectivity index (χ3v) is 3.92. The van der Waals surface area contributed by atoms with Gasteiger partial charge in [0.15, 0.2) is 0 Å². The molecular formula is C20H17B. The Morgan fingerprint density at radius 3 is 2.14 bits per heavy atom. The van der Waals surface area contributed by atoms with Crippen LogP contribution in [0.15, 0.2) is 72.8 Å². The van der Waals surface area contributed by atoms with Gasteiger partial charge in [-0.2, -0.15) is 0 Å². The Balaban J connectivity index is 2.00. The maximum absolute atomic E-state index is 6.41. The third-order valence-electron chi connectivity index (χ3n) is 3.92. The second-order valence-corrected chi connectivity index (χ2v) is 5.35. The van der Waals surface area contributed by atoms with Gasteiger partial charge in [0.25, 0.3) is 0 Å². The third kappa shape index (κ3) is 2.92. The molecule has 100 valence electrons. The van der Waals surface area contributed by atoms with Crippen LogP contribution in [0.4, 0.5) is 0 Å². The first-order valence-electron chi connectivity index (χ1n) is 7.23. The van der Waals surface area contributed by atoms with Gasteiger partial charge < -0.3 is 0 Å². The van der Waals surface area contributed by atoms with Gasteiger partial charge in [-0.1, -0.05) is 83.8 Å². The van der Waals surface area contributed by atoms with Gasteiger partial charge in [0, 0.05) is 0 Å². The highest BCUT2D eigenvalue weighted by molar-refractivity contribution is 6.37. The van der Waals surface area contributed by atoms with Gasteiger partial charge >= 0.3 is 0 Å². The minimum absolute atomic E-state index is 0.874. The fourth-order valence-corrected chi connectivity index (χ4v) is 2.65. The highest BCUT2D eigenvalue weighted by Gasteiger charge is 2.07. The van der Waals surface area contributed by atoms with E-state index in [-0.39, 0.29) is 0 Å². The number of benzene rings is 3. The minimum Gasteiger partial charge on any atom is -0.0855 e. The largest absolute Gasteiger partial charge is 0.115 e. The molecule has 0 aliphatic carbocycles. The first kappa shape index (κ1) is 13.7. The molecule has 0 saturated heterocycles. The van der Waals surface area contributed by atoms with Crippen molar-refractivity contribution in [2.45, 2.75) is 13.3 Å². The minimum atomic E-state index is 0.874. The molecule has 0 atom stereocenters. The van der Waals surface area contributed by atoms with Gasteiger partial charge in [0.2, 0.25) is 0 Å². The van der Waals surface area contributed by atoms with E-state index >= 15 is 0 Å². The molecule has 0 nitrogen and oxygen atoms in total. The normalized spacial score (nSPS) is 10.5. The van der Waals surface area contributed by atoms with Crippen LogP contribution in [0.3, 0.4) is 0 Å². The van der Waals surface area contributed by atoms with Gasteiger partial charge in [0.1, 0.15) is 7.85 Å². The maximum atomic E-state index is 6.41. The molecule has 0 heterocycles. The first-order valence-corrected chi connectivity index (χ1v) is 7.23. The van der Waals surface area contributed by atoms with Crippen molar-refractivity contribution in [3.8, 4) is 11.1 Å². The van der Waals surface area contributed by atoms with E-state index in [1.807, 2.05) is 18.2 Å². The smallest absolute Gasteiger partial charge is 0.0855 e. The van der Waals surface area contributed by atoms with Crippen LogP contribution < -0.4 is 5.46 Å². The van der Waals surface area contributed by atoms with E-state index in [2.05, 4.69) is 61.5 Å². The van der Waals surface area contributed by atoms with Gasteiger partial charge in [-0.25, -0.2) is 0 Å². The van der Waals surface area contributed by atoms with Crippen LogP contribution >= 0.6 is 0 Å². The zero-order valence-corrected chi connectivity index (χ0v) is 12.2. The van der Waals surface area contributed by atoms with E-state index in [1.54, 1.807) is 0 Å².